The highest BCUT2D eigenvalue weighted by atomic mass is 79.9. The Balaban J connectivity index is 1.33. The fraction of sp³-hybridized carbons (Fsp3) is 0.421. The summed E-state index contributed by atoms with van der Waals surface area (Å²) in [5.41, 5.74) is 1.27. The topological polar surface area (TPSA) is 32.8 Å². The summed E-state index contributed by atoms with van der Waals surface area (Å²) in [6.45, 7) is 5.49. The zero-order valence-corrected chi connectivity index (χ0v) is 16.4. The van der Waals surface area contributed by atoms with E-state index in [0.29, 0.717) is 6.61 Å². The molecule has 25 heavy (non-hydrogen) atoms. The third-order valence-electron chi connectivity index (χ3n) is 4.93. The Hall–Kier alpha value is -1.21. The fourth-order valence-electron chi connectivity index (χ4n) is 3.50. The normalized spacial score (nSPS) is 22.3. The number of nitrogens with zero attached hydrogens (tertiary/aromatic N) is 2. The molecule has 4 rings (SSSR count). The van der Waals surface area contributed by atoms with Gasteiger partial charge < -0.3 is 4.74 Å². The fourth-order valence-corrected chi connectivity index (χ4v) is 4.82. The lowest BCUT2D eigenvalue weighted by Gasteiger charge is -2.36. The van der Waals surface area contributed by atoms with Gasteiger partial charge in [-0.25, -0.2) is 0 Å². The summed E-state index contributed by atoms with van der Waals surface area (Å²) in [6, 6.07) is 12.9. The molecule has 132 valence electrons. The molecule has 1 unspecified atom stereocenters. The third-order valence-corrected chi connectivity index (χ3v) is 6.57. The van der Waals surface area contributed by atoms with Gasteiger partial charge in [-0.05, 0) is 29.8 Å². The highest BCUT2D eigenvalue weighted by molar-refractivity contribution is 9.10. The zero-order chi connectivity index (χ0) is 17.2. The number of piperazine rings is 1. The highest BCUT2D eigenvalue weighted by Gasteiger charge is 2.33. The first-order chi connectivity index (χ1) is 12.2. The molecule has 2 saturated heterocycles. The first kappa shape index (κ1) is 17.2. The summed E-state index contributed by atoms with van der Waals surface area (Å²) < 4.78 is 6.21. The van der Waals surface area contributed by atoms with Gasteiger partial charge in [-0.3, -0.25) is 14.6 Å². The van der Waals surface area contributed by atoms with Gasteiger partial charge in [0.2, 0.25) is 0 Å². The van der Waals surface area contributed by atoms with Crippen molar-refractivity contribution in [2.24, 2.45) is 0 Å². The van der Waals surface area contributed by atoms with E-state index < -0.39 is 0 Å². The number of carbonyl (C=O) groups is 1. The van der Waals surface area contributed by atoms with Gasteiger partial charge in [0.1, 0.15) is 6.04 Å². The number of ether oxygens (including phenoxy) is 1. The molecule has 2 aliphatic rings. The quantitative estimate of drug-likeness (QED) is 0.707. The van der Waals surface area contributed by atoms with Gasteiger partial charge in [-0.15, -0.1) is 11.3 Å². The Labute approximate surface area is 160 Å². The molecule has 6 heteroatoms. The molecule has 0 spiro atoms. The maximum Gasteiger partial charge on any atom is 0.323 e. The summed E-state index contributed by atoms with van der Waals surface area (Å²) >= 11 is 5.35. The second-order valence-electron chi connectivity index (χ2n) is 6.56. The van der Waals surface area contributed by atoms with E-state index in [1.54, 1.807) is 0 Å². The first-order valence-electron chi connectivity index (χ1n) is 8.67. The Morgan fingerprint density at radius 3 is 2.52 bits per heavy atom. The third kappa shape index (κ3) is 3.97. The second-order valence-corrected chi connectivity index (χ2v) is 8.64. The van der Waals surface area contributed by atoms with Crippen molar-refractivity contribution in [3.8, 4) is 10.4 Å². The summed E-state index contributed by atoms with van der Waals surface area (Å²) in [5, 5.41) is 0. The number of carbonyl (C=O) groups excluding carboxylic acids is 1. The minimum atomic E-state index is -0.0363. The maximum absolute atomic E-state index is 11.7. The average molecular weight is 421 g/mol. The van der Waals surface area contributed by atoms with Crippen LogP contribution in [0.4, 0.5) is 0 Å². The monoisotopic (exact) mass is 420 g/mol. The number of halogens is 1. The van der Waals surface area contributed by atoms with E-state index in [2.05, 4.69) is 62.1 Å². The number of hydrogen-bond acceptors (Lipinski definition) is 5. The molecular weight excluding hydrogens is 400 g/mol. The molecule has 0 amide bonds. The molecule has 4 nitrogen and oxygen atoms in total. The van der Waals surface area contributed by atoms with Crippen LogP contribution in [0.1, 0.15) is 11.3 Å². The molecule has 0 saturated carbocycles. The van der Waals surface area contributed by atoms with Crippen LogP contribution in [0.2, 0.25) is 0 Å². The van der Waals surface area contributed by atoms with Gasteiger partial charge in [0.25, 0.3) is 0 Å². The van der Waals surface area contributed by atoms with Crippen molar-refractivity contribution in [3.05, 3.63) is 45.7 Å². The van der Waals surface area contributed by atoms with Crippen molar-refractivity contribution in [2.75, 3.05) is 32.8 Å². The van der Waals surface area contributed by atoms with E-state index in [0.717, 1.165) is 43.6 Å². The van der Waals surface area contributed by atoms with E-state index in [1.807, 2.05) is 11.3 Å². The predicted octanol–water partition coefficient (Wildman–Crippen LogP) is 3.61. The Kier molecular flexibility index (Phi) is 5.22. The van der Waals surface area contributed by atoms with Crippen LogP contribution in [-0.4, -0.2) is 54.6 Å². The number of benzene rings is 1. The number of rotatable bonds is 4. The Morgan fingerprint density at radius 1 is 1.08 bits per heavy atom. The van der Waals surface area contributed by atoms with E-state index in [4.69, 9.17) is 4.74 Å². The highest BCUT2D eigenvalue weighted by Crippen LogP contribution is 2.30. The summed E-state index contributed by atoms with van der Waals surface area (Å²) in [5.74, 6) is -0.0363. The smallest absolute Gasteiger partial charge is 0.323 e. The summed E-state index contributed by atoms with van der Waals surface area (Å²) in [7, 11) is 0. The molecule has 0 bridgehead atoms. The molecule has 1 atom stereocenters. The lowest BCUT2D eigenvalue weighted by atomic mass is 10.2. The van der Waals surface area contributed by atoms with Crippen LogP contribution in [0.3, 0.4) is 0 Å². The molecule has 2 fully saturated rings. The van der Waals surface area contributed by atoms with Crippen LogP contribution in [0.25, 0.3) is 10.4 Å². The molecule has 3 heterocycles. The molecule has 1 aromatic carbocycles. The van der Waals surface area contributed by atoms with Gasteiger partial charge in [-0.2, -0.15) is 0 Å². The minimum Gasteiger partial charge on any atom is -0.464 e. The number of hydrogen-bond donors (Lipinski definition) is 0. The molecule has 2 aliphatic heterocycles. The van der Waals surface area contributed by atoms with Gasteiger partial charge >= 0.3 is 5.97 Å². The van der Waals surface area contributed by atoms with Crippen LogP contribution in [-0.2, 0) is 16.1 Å². The van der Waals surface area contributed by atoms with Crippen molar-refractivity contribution >= 4 is 33.2 Å². The van der Waals surface area contributed by atoms with E-state index in [9.17, 15) is 4.79 Å². The SMILES string of the molecule is O=C1OCCC1N1CCN(Cc2ccc(-c3ccc(Br)cc3)s2)CC1. The van der Waals surface area contributed by atoms with E-state index in [-0.39, 0.29) is 12.0 Å². The standard InChI is InChI=1S/C19H21BrN2O2S/c20-15-3-1-14(2-4-15)18-6-5-16(25-18)13-21-8-10-22(11-9-21)17-7-12-24-19(17)23/h1-6,17H,7-13H2. The molecule has 0 radical (unpaired) electrons. The van der Waals surface area contributed by atoms with Crippen LogP contribution >= 0.6 is 27.3 Å². The maximum atomic E-state index is 11.7. The van der Waals surface area contributed by atoms with Gasteiger partial charge in [0.15, 0.2) is 0 Å². The minimum absolute atomic E-state index is 0.00658. The van der Waals surface area contributed by atoms with E-state index >= 15 is 0 Å². The predicted molar refractivity (Wildman–Crippen MR) is 104 cm³/mol. The Morgan fingerprint density at radius 2 is 1.84 bits per heavy atom. The van der Waals surface area contributed by atoms with Crippen molar-refractivity contribution in [1.29, 1.82) is 0 Å². The summed E-state index contributed by atoms with van der Waals surface area (Å²) in [4.78, 5) is 19.2. The lowest BCUT2D eigenvalue weighted by Crippen LogP contribution is -2.51. The van der Waals surface area contributed by atoms with Gasteiger partial charge in [-0.1, -0.05) is 28.1 Å². The molecule has 1 aromatic heterocycles. The molecule has 2 aromatic rings. The molecular formula is C19H21BrN2O2S. The van der Waals surface area contributed by atoms with E-state index in [1.165, 1.54) is 15.3 Å². The van der Waals surface area contributed by atoms with Crippen LogP contribution in [0, 0.1) is 0 Å². The second kappa shape index (κ2) is 7.58. The number of thiophene rings is 1. The van der Waals surface area contributed by atoms with Crippen LogP contribution in [0.5, 0.6) is 0 Å². The largest absolute Gasteiger partial charge is 0.464 e. The van der Waals surface area contributed by atoms with Gasteiger partial charge in [0, 0.05) is 53.4 Å². The Bertz CT molecular complexity index is 738. The van der Waals surface area contributed by atoms with Crippen LogP contribution < -0.4 is 0 Å². The first-order valence-corrected chi connectivity index (χ1v) is 10.3. The number of esters is 1. The zero-order valence-electron chi connectivity index (χ0n) is 14.0. The molecule has 0 N–H and O–H groups in total. The summed E-state index contributed by atoms with van der Waals surface area (Å²) in [6.07, 6.45) is 0.848. The average Bonchev–Trinajstić information content (AvgIpc) is 3.26. The van der Waals surface area contributed by atoms with Crippen molar-refractivity contribution in [1.82, 2.24) is 9.80 Å². The van der Waals surface area contributed by atoms with Crippen molar-refractivity contribution in [3.63, 3.8) is 0 Å². The number of cyclic esters (lactones) is 1. The van der Waals surface area contributed by atoms with Gasteiger partial charge in [0.05, 0.1) is 6.61 Å². The lowest BCUT2D eigenvalue weighted by molar-refractivity contribution is -0.142. The van der Waals surface area contributed by atoms with Crippen molar-refractivity contribution < 1.29 is 9.53 Å². The molecule has 0 aliphatic carbocycles. The van der Waals surface area contributed by atoms with Crippen LogP contribution in [0.15, 0.2) is 40.9 Å². The van der Waals surface area contributed by atoms with Crippen molar-refractivity contribution in [2.45, 2.75) is 19.0 Å².